The predicted molar refractivity (Wildman–Crippen MR) is 102 cm³/mol. The first kappa shape index (κ1) is 20.1. The minimum atomic E-state index is -0.906. The van der Waals surface area contributed by atoms with Crippen LogP contribution in [-0.2, 0) is 25.7 Å². The zero-order valence-electron chi connectivity index (χ0n) is 13.3. The number of halogens is 3. The monoisotopic (exact) mass is 533 g/mol. The lowest BCUT2D eigenvalue weighted by Crippen LogP contribution is -2.31. The summed E-state index contributed by atoms with van der Waals surface area (Å²) < 4.78 is 7.27. The van der Waals surface area contributed by atoms with Crippen molar-refractivity contribution in [2.45, 2.75) is 19.9 Å². The SMILES string of the molecule is C=C=C(C(=O)OCC)[C@H]1CC(=O)N(Cc2c(Br)cc(Br)cc2Br)C1=O. The summed E-state index contributed by atoms with van der Waals surface area (Å²) >= 11 is 10.2. The van der Waals surface area contributed by atoms with Crippen LogP contribution in [0.1, 0.15) is 18.9 Å². The highest BCUT2D eigenvalue weighted by atomic mass is 79.9. The summed E-state index contributed by atoms with van der Waals surface area (Å²) in [6.07, 6.45) is -0.0960. The molecule has 1 fully saturated rings. The van der Waals surface area contributed by atoms with Gasteiger partial charge in [-0.2, -0.15) is 0 Å². The zero-order valence-corrected chi connectivity index (χ0v) is 18.0. The van der Waals surface area contributed by atoms with E-state index in [0.29, 0.717) is 0 Å². The minimum absolute atomic E-state index is 0.00311. The average molecular weight is 536 g/mol. The number of hydrogen-bond acceptors (Lipinski definition) is 4. The summed E-state index contributed by atoms with van der Waals surface area (Å²) in [6.45, 7) is 5.37. The number of hydrogen-bond donors (Lipinski definition) is 0. The maximum atomic E-state index is 12.7. The molecule has 0 bridgehead atoms. The van der Waals surface area contributed by atoms with Crippen LogP contribution < -0.4 is 0 Å². The average Bonchev–Trinajstić information content (AvgIpc) is 2.79. The van der Waals surface area contributed by atoms with E-state index in [1.165, 1.54) is 0 Å². The van der Waals surface area contributed by atoms with E-state index in [-0.39, 0.29) is 31.1 Å². The van der Waals surface area contributed by atoms with Gasteiger partial charge in [0.05, 0.1) is 24.6 Å². The molecule has 0 saturated carbocycles. The van der Waals surface area contributed by atoms with Crippen LogP contribution in [0.25, 0.3) is 0 Å². The number of carbonyl (C=O) groups is 3. The highest BCUT2D eigenvalue weighted by molar-refractivity contribution is 9.11. The van der Waals surface area contributed by atoms with Gasteiger partial charge >= 0.3 is 5.97 Å². The van der Waals surface area contributed by atoms with E-state index in [1.807, 2.05) is 12.1 Å². The van der Waals surface area contributed by atoms with Crippen molar-refractivity contribution in [3.63, 3.8) is 0 Å². The van der Waals surface area contributed by atoms with Crippen LogP contribution in [0.4, 0.5) is 0 Å². The second-order valence-electron chi connectivity index (χ2n) is 5.23. The molecule has 0 aromatic heterocycles. The summed E-state index contributed by atoms with van der Waals surface area (Å²) in [7, 11) is 0. The van der Waals surface area contributed by atoms with Crippen molar-refractivity contribution in [1.29, 1.82) is 0 Å². The molecule has 5 nitrogen and oxygen atoms in total. The first-order valence-corrected chi connectivity index (χ1v) is 9.72. The van der Waals surface area contributed by atoms with Gasteiger partial charge < -0.3 is 4.74 Å². The van der Waals surface area contributed by atoms with Crippen LogP contribution in [0, 0.1) is 5.92 Å². The van der Waals surface area contributed by atoms with Crippen LogP contribution in [0.15, 0.2) is 43.4 Å². The number of amides is 2. The van der Waals surface area contributed by atoms with Crippen molar-refractivity contribution in [2.75, 3.05) is 6.61 Å². The number of ether oxygens (including phenoxy) is 1. The third-order valence-corrected chi connectivity index (χ3v) is 5.57. The van der Waals surface area contributed by atoms with Gasteiger partial charge in [0.2, 0.25) is 11.8 Å². The van der Waals surface area contributed by atoms with E-state index in [2.05, 4.69) is 60.1 Å². The molecule has 0 radical (unpaired) electrons. The second kappa shape index (κ2) is 8.45. The van der Waals surface area contributed by atoms with Crippen molar-refractivity contribution in [3.8, 4) is 0 Å². The molecule has 2 rings (SSSR count). The highest BCUT2D eigenvalue weighted by Gasteiger charge is 2.43. The highest BCUT2D eigenvalue weighted by Crippen LogP contribution is 2.34. The van der Waals surface area contributed by atoms with Crippen molar-refractivity contribution in [1.82, 2.24) is 4.90 Å². The molecule has 1 aliphatic heterocycles. The third kappa shape index (κ3) is 4.31. The lowest BCUT2D eigenvalue weighted by atomic mass is 9.98. The Morgan fingerprint density at radius 2 is 1.92 bits per heavy atom. The second-order valence-corrected chi connectivity index (χ2v) is 7.86. The quantitative estimate of drug-likeness (QED) is 0.246. The van der Waals surface area contributed by atoms with E-state index < -0.39 is 17.8 Å². The Labute approximate surface area is 170 Å². The van der Waals surface area contributed by atoms with Gasteiger partial charge in [0.1, 0.15) is 0 Å². The number of esters is 1. The fraction of sp³-hybridized carbons (Fsp3) is 0.294. The Bertz CT molecular complexity index is 776. The fourth-order valence-electron chi connectivity index (χ4n) is 2.50. The third-order valence-electron chi connectivity index (χ3n) is 3.70. The fourth-order valence-corrected chi connectivity index (χ4v) is 5.01. The van der Waals surface area contributed by atoms with Crippen molar-refractivity contribution >= 4 is 65.6 Å². The van der Waals surface area contributed by atoms with Gasteiger partial charge in [-0.05, 0) is 19.1 Å². The summed E-state index contributed by atoms with van der Waals surface area (Å²) in [5.41, 5.74) is 3.21. The van der Waals surface area contributed by atoms with E-state index in [0.717, 1.165) is 23.9 Å². The Kier molecular flexibility index (Phi) is 6.79. The van der Waals surface area contributed by atoms with E-state index in [9.17, 15) is 14.4 Å². The summed E-state index contributed by atoms with van der Waals surface area (Å²) in [5.74, 6) is -2.38. The maximum absolute atomic E-state index is 12.7. The van der Waals surface area contributed by atoms with Crippen LogP contribution in [-0.4, -0.2) is 29.3 Å². The first-order chi connectivity index (χ1) is 11.8. The molecule has 25 heavy (non-hydrogen) atoms. The number of benzene rings is 1. The Morgan fingerprint density at radius 1 is 1.32 bits per heavy atom. The number of nitrogens with zero attached hydrogens (tertiary/aromatic N) is 1. The molecule has 1 saturated heterocycles. The Morgan fingerprint density at radius 3 is 2.44 bits per heavy atom. The number of likely N-dealkylation sites (tertiary alicyclic amines) is 1. The molecule has 0 unspecified atom stereocenters. The Balaban J connectivity index is 2.28. The standard InChI is InChI=1S/C17H14Br3NO4/c1-3-10(17(24)25-4-2)11-7-15(22)21(16(11)23)8-12-13(19)5-9(18)6-14(12)20/h5-6,11H,1,4,7-8H2,2H3/t11-/m1/s1. The molecule has 1 atom stereocenters. The lowest BCUT2D eigenvalue weighted by Gasteiger charge is -2.17. The summed E-state index contributed by atoms with van der Waals surface area (Å²) in [4.78, 5) is 38.1. The van der Waals surface area contributed by atoms with E-state index in [4.69, 9.17) is 4.74 Å². The van der Waals surface area contributed by atoms with Crippen molar-refractivity contribution in [3.05, 3.63) is 49.0 Å². The van der Waals surface area contributed by atoms with Gasteiger partial charge in [-0.15, -0.1) is 5.73 Å². The minimum Gasteiger partial charge on any atom is -0.462 e. The maximum Gasteiger partial charge on any atom is 0.342 e. The largest absolute Gasteiger partial charge is 0.462 e. The van der Waals surface area contributed by atoms with Gasteiger partial charge in [0.25, 0.3) is 0 Å². The number of rotatable bonds is 5. The van der Waals surface area contributed by atoms with Gasteiger partial charge in [-0.3, -0.25) is 14.5 Å². The van der Waals surface area contributed by atoms with E-state index in [1.54, 1.807) is 6.92 Å². The first-order valence-electron chi connectivity index (χ1n) is 7.34. The summed E-state index contributed by atoms with van der Waals surface area (Å²) in [5, 5.41) is 0. The van der Waals surface area contributed by atoms with Crippen LogP contribution >= 0.6 is 47.8 Å². The normalized spacial score (nSPS) is 16.8. The van der Waals surface area contributed by atoms with Crippen LogP contribution in [0.2, 0.25) is 0 Å². The Hall–Kier alpha value is -1.21. The van der Waals surface area contributed by atoms with Crippen LogP contribution in [0.5, 0.6) is 0 Å². The lowest BCUT2D eigenvalue weighted by molar-refractivity contribution is -0.143. The molecule has 1 aromatic rings. The smallest absolute Gasteiger partial charge is 0.342 e. The summed E-state index contributed by atoms with van der Waals surface area (Å²) in [6, 6.07) is 3.66. The van der Waals surface area contributed by atoms with Crippen molar-refractivity contribution in [2.24, 2.45) is 5.92 Å². The van der Waals surface area contributed by atoms with Crippen molar-refractivity contribution < 1.29 is 19.1 Å². The molecule has 0 N–H and O–H groups in total. The molecule has 132 valence electrons. The number of imide groups is 1. The molecule has 0 aliphatic carbocycles. The molecule has 1 aliphatic rings. The molecule has 8 heteroatoms. The molecule has 1 heterocycles. The molecule has 1 aromatic carbocycles. The van der Waals surface area contributed by atoms with Gasteiger partial charge in [0, 0.05) is 25.4 Å². The van der Waals surface area contributed by atoms with Gasteiger partial charge in [-0.1, -0.05) is 54.4 Å². The molecular weight excluding hydrogens is 522 g/mol. The molecular formula is C17H14Br3NO4. The van der Waals surface area contributed by atoms with E-state index >= 15 is 0 Å². The topological polar surface area (TPSA) is 63.7 Å². The molecule has 0 spiro atoms. The van der Waals surface area contributed by atoms with Gasteiger partial charge in [-0.25, -0.2) is 4.79 Å². The molecule has 2 amide bonds. The zero-order chi connectivity index (χ0) is 18.7. The number of carbonyl (C=O) groups excluding carboxylic acids is 3. The van der Waals surface area contributed by atoms with Gasteiger partial charge in [0.15, 0.2) is 0 Å². The van der Waals surface area contributed by atoms with Crippen LogP contribution in [0.3, 0.4) is 0 Å². The predicted octanol–water partition coefficient (Wildman–Crippen LogP) is 4.12.